The van der Waals surface area contributed by atoms with Gasteiger partial charge in [0.25, 0.3) is 0 Å². The summed E-state index contributed by atoms with van der Waals surface area (Å²) in [7, 11) is 1.70. The minimum Gasteiger partial charge on any atom is -0.445 e. The van der Waals surface area contributed by atoms with Crippen LogP contribution in [0.5, 0.6) is 0 Å². The zero-order chi connectivity index (χ0) is 11.1. The summed E-state index contributed by atoms with van der Waals surface area (Å²) in [6, 6.07) is 0. The number of aromatic nitrogens is 1. The first-order chi connectivity index (χ1) is 7.24. The van der Waals surface area contributed by atoms with Crippen molar-refractivity contribution in [2.75, 3.05) is 26.8 Å². The van der Waals surface area contributed by atoms with Gasteiger partial charge in [0.2, 0.25) is 0 Å². The Morgan fingerprint density at radius 3 is 2.87 bits per heavy atom. The third-order valence-electron chi connectivity index (χ3n) is 2.14. The van der Waals surface area contributed by atoms with Crippen LogP contribution in [0, 0.1) is 0 Å². The number of methoxy groups -OCH3 is 1. The molecule has 0 aliphatic heterocycles. The lowest BCUT2D eigenvalue weighted by Gasteiger charge is -2.01. The van der Waals surface area contributed by atoms with Gasteiger partial charge in [-0.2, -0.15) is 0 Å². The quantitative estimate of drug-likeness (QED) is 0.697. The van der Waals surface area contributed by atoms with Crippen molar-refractivity contribution < 1.29 is 9.15 Å². The maximum atomic E-state index is 5.57. The highest BCUT2D eigenvalue weighted by Crippen LogP contribution is 2.14. The van der Waals surface area contributed by atoms with E-state index in [1.807, 2.05) is 6.20 Å². The van der Waals surface area contributed by atoms with Gasteiger partial charge in [-0.1, -0.05) is 13.8 Å². The van der Waals surface area contributed by atoms with E-state index in [0.717, 1.165) is 37.8 Å². The fraction of sp³-hybridized carbons (Fsp3) is 0.727. The van der Waals surface area contributed by atoms with Crippen molar-refractivity contribution in [2.45, 2.75) is 26.2 Å². The van der Waals surface area contributed by atoms with Crippen LogP contribution in [-0.2, 0) is 11.2 Å². The van der Waals surface area contributed by atoms with Crippen molar-refractivity contribution in [3.63, 3.8) is 0 Å². The fourth-order valence-corrected chi connectivity index (χ4v) is 1.20. The van der Waals surface area contributed by atoms with E-state index >= 15 is 0 Å². The molecule has 1 aromatic heterocycles. The molecule has 0 amide bonds. The van der Waals surface area contributed by atoms with Crippen molar-refractivity contribution in [2.24, 2.45) is 0 Å². The minimum atomic E-state index is 0.410. The highest BCUT2D eigenvalue weighted by Gasteiger charge is 2.06. The standard InChI is InChI=1S/C11H20N2O2/c1-9(2)10-8-13-11(15-10)4-5-12-6-7-14-3/h8-9,12H,4-7H2,1-3H3. The number of ether oxygens (including phenoxy) is 1. The van der Waals surface area contributed by atoms with E-state index in [1.165, 1.54) is 0 Å². The van der Waals surface area contributed by atoms with Gasteiger partial charge in [-0.05, 0) is 0 Å². The van der Waals surface area contributed by atoms with Crippen LogP contribution < -0.4 is 5.32 Å². The molecule has 0 saturated heterocycles. The molecule has 1 N–H and O–H groups in total. The SMILES string of the molecule is COCCNCCc1ncc(C(C)C)o1. The molecule has 15 heavy (non-hydrogen) atoms. The van der Waals surface area contributed by atoms with Gasteiger partial charge in [0.05, 0.1) is 12.8 Å². The molecule has 0 aliphatic rings. The van der Waals surface area contributed by atoms with Gasteiger partial charge in [0, 0.05) is 32.5 Å². The minimum absolute atomic E-state index is 0.410. The van der Waals surface area contributed by atoms with Crippen molar-refractivity contribution in [1.82, 2.24) is 10.3 Å². The number of nitrogens with zero attached hydrogens (tertiary/aromatic N) is 1. The Hall–Kier alpha value is -0.870. The third kappa shape index (κ3) is 4.44. The van der Waals surface area contributed by atoms with Gasteiger partial charge in [-0.15, -0.1) is 0 Å². The summed E-state index contributed by atoms with van der Waals surface area (Å²) in [6.45, 7) is 6.68. The van der Waals surface area contributed by atoms with Gasteiger partial charge in [0.15, 0.2) is 5.89 Å². The van der Waals surface area contributed by atoms with Crippen LogP contribution in [0.3, 0.4) is 0 Å². The molecule has 0 fully saturated rings. The summed E-state index contributed by atoms with van der Waals surface area (Å²) in [5.74, 6) is 2.18. The van der Waals surface area contributed by atoms with E-state index in [1.54, 1.807) is 7.11 Å². The Morgan fingerprint density at radius 2 is 2.27 bits per heavy atom. The summed E-state index contributed by atoms with van der Waals surface area (Å²) in [5, 5.41) is 3.25. The lowest BCUT2D eigenvalue weighted by Crippen LogP contribution is -2.21. The van der Waals surface area contributed by atoms with Crippen LogP contribution in [0.1, 0.15) is 31.4 Å². The van der Waals surface area contributed by atoms with Gasteiger partial charge < -0.3 is 14.5 Å². The molecule has 0 bridgehead atoms. The molecular formula is C11H20N2O2. The topological polar surface area (TPSA) is 47.3 Å². The van der Waals surface area contributed by atoms with E-state index in [0.29, 0.717) is 5.92 Å². The van der Waals surface area contributed by atoms with Crippen molar-refractivity contribution in [3.05, 3.63) is 17.8 Å². The summed E-state index contributed by atoms with van der Waals surface area (Å²) in [6.07, 6.45) is 2.64. The summed E-state index contributed by atoms with van der Waals surface area (Å²) in [5.41, 5.74) is 0. The highest BCUT2D eigenvalue weighted by molar-refractivity contribution is 4.99. The number of rotatable bonds is 7. The smallest absolute Gasteiger partial charge is 0.195 e. The van der Waals surface area contributed by atoms with Gasteiger partial charge in [-0.3, -0.25) is 0 Å². The summed E-state index contributed by atoms with van der Waals surface area (Å²) in [4.78, 5) is 4.22. The van der Waals surface area contributed by atoms with Crippen molar-refractivity contribution in [3.8, 4) is 0 Å². The Bertz CT molecular complexity index is 271. The molecule has 4 heteroatoms. The molecular weight excluding hydrogens is 192 g/mol. The number of oxazole rings is 1. The first-order valence-corrected chi connectivity index (χ1v) is 5.38. The summed E-state index contributed by atoms with van der Waals surface area (Å²) < 4.78 is 10.5. The molecule has 0 aliphatic carbocycles. The van der Waals surface area contributed by atoms with E-state index < -0.39 is 0 Å². The average Bonchev–Trinajstić information content (AvgIpc) is 2.66. The highest BCUT2D eigenvalue weighted by atomic mass is 16.5. The van der Waals surface area contributed by atoms with E-state index in [4.69, 9.17) is 9.15 Å². The van der Waals surface area contributed by atoms with Crippen LogP contribution in [0.2, 0.25) is 0 Å². The predicted molar refractivity (Wildman–Crippen MR) is 59.0 cm³/mol. The molecule has 1 aromatic rings. The van der Waals surface area contributed by atoms with Crippen LogP contribution in [-0.4, -0.2) is 31.8 Å². The maximum Gasteiger partial charge on any atom is 0.195 e. The second-order valence-electron chi connectivity index (χ2n) is 3.80. The molecule has 0 unspecified atom stereocenters. The Balaban J connectivity index is 2.20. The number of nitrogens with one attached hydrogen (secondary N) is 1. The molecule has 0 atom stereocenters. The van der Waals surface area contributed by atoms with Crippen LogP contribution >= 0.6 is 0 Å². The normalized spacial score (nSPS) is 11.2. The predicted octanol–water partition coefficient (Wildman–Crippen LogP) is 1.58. The molecule has 1 rings (SSSR count). The molecule has 86 valence electrons. The zero-order valence-corrected chi connectivity index (χ0v) is 9.75. The lowest BCUT2D eigenvalue weighted by atomic mass is 10.2. The largest absolute Gasteiger partial charge is 0.445 e. The van der Waals surface area contributed by atoms with E-state index in [2.05, 4.69) is 24.1 Å². The molecule has 1 heterocycles. The molecule has 0 saturated carbocycles. The first kappa shape index (κ1) is 12.2. The molecule has 4 nitrogen and oxygen atoms in total. The first-order valence-electron chi connectivity index (χ1n) is 5.38. The van der Waals surface area contributed by atoms with Gasteiger partial charge >= 0.3 is 0 Å². The van der Waals surface area contributed by atoms with Crippen molar-refractivity contribution >= 4 is 0 Å². The van der Waals surface area contributed by atoms with E-state index in [9.17, 15) is 0 Å². The van der Waals surface area contributed by atoms with Gasteiger partial charge in [-0.25, -0.2) is 4.98 Å². The maximum absolute atomic E-state index is 5.57. The van der Waals surface area contributed by atoms with Crippen LogP contribution in [0.25, 0.3) is 0 Å². The Kier molecular flexibility index (Phi) is 5.36. The lowest BCUT2D eigenvalue weighted by molar-refractivity contribution is 0.199. The number of hydrogen-bond acceptors (Lipinski definition) is 4. The number of hydrogen-bond donors (Lipinski definition) is 1. The zero-order valence-electron chi connectivity index (χ0n) is 9.75. The van der Waals surface area contributed by atoms with Crippen LogP contribution in [0.15, 0.2) is 10.6 Å². The monoisotopic (exact) mass is 212 g/mol. The molecule has 0 aromatic carbocycles. The molecule has 0 spiro atoms. The average molecular weight is 212 g/mol. The third-order valence-corrected chi connectivity index (χ3v) is 2.14. The van der Waals surface area contributed by atoms with Crippen LogP contribution in [0.4, 0.5) is 0 Å². The molecule has 0 radical (unpaired) electrons. The summed E-state index contributed by atoms with van der Waals surface area (Å²) >= 11 is 0. The van der Waals surface area contributed by atoms with Crippen molar-refractivity contribution in [1.29, 1.82) is 0 Å². The second-order valence-corrected chi connectivity index (χ2v) is 3.80. The Morgan fingerprint density at radius 1 is 1.47 bits per heavy atom. The van der Waals surface area contributed by atoms with E-state index in [-0.39, 0.29) is 0 Å². The fourth-order valence-electron chi connectivity index (χ4n) is 1.20. The second kappa shape index (κ2) is 6.58. The Labute approximate surface area is 91.0 Å². The van der Waals surface area contributed by atoms with Gasteiger partial charge in [0.1, 0.15) is 5.76 Å².